The number of ether oxygens (including phenoxy) is 2. The molecule has 2 fully saturated rings. The van der Waals surface area contributed by atoms with Gasteiger partial charge < -0.3 is 9.47 Å². The first-order valence-corrected chi connectivity index (χ1v) is 4.52. The Balaban J connectivity index is 2.17. The Labute approximate surface area is 67.9 Å². The summed E-state index contributed by atoms with van der Waals surface area (Å²) in [5, 5.41) is 0. The van der Waals surface area contributed by atoms with Gasteiger partial charge in [-0.05, 0) is 26.2 Å². The SMILES string of the molecule is CCC12CCCC(C)(OC1)O2. The first kappa shape index (κ1) is 7.56. The fraction of sp³-hybridized carbons (Fsp3) is 1.00. The summed E-state index contributed by atoms with van der Waals surface area (Å²) in [5.41, 5.74) is 0.0764. The molecular weight excluding hydrogens is 140 g/mol. The molecule has 2 bridgehead atoms. The number of hydrogen-bond acceptors (Lipinski definition) is 2. The van der Waals surface area contributed by atoms with E-state index >= 15 is 0 Å². The monoisotopic (exact) mass is 156 g/mol. The highest BCUT2D eigenvalue weighted by atomic mass is 16.8. The molecule has 0 saturated carbocycles. The molecular formula is C9H16O2. The summed E-state index contributed by atoms with van der Waals surface area (Å²) in [5.74, 6) is -0.242. The lowest BCUT2D eigenvalue weighted by Gasteiger charge is -2.34. The van der Waals surface area contributed by atoms with Crippen LogP contribution in [0.15, 0.2) is 0 Å². The van der Waals surface area contributed by atoms with Gasteiger partial charge in [0.05, 0.1) is 12.2 Å². The van der Waals surface area contributed by atoms with Crippen LogP contribution in [0.25, 0.3) is 0 Å². The van der Waals surface area contributed by atoms with Crippen LogP contribution in [0.5, 0.6) is 0 Å². The molecule has 2 unspecified atom stereocenters. The van der Waals surface area contributed by atoms with Crippen molar-refractivity contribution in [1.29, 1.82) is 0 Å². The Morgan fingerprint density at radius 3 is 2.82 bits per heavy atom. The molecule has 0 spiro atoms. The first-order chi connectivity index (χ1) is 5.18. The van der Waals surface area contributed by atoms with Gasteiger partial charge in [0.2, 0.25) is 0 Å². The van der Waals surface area contributed by atoms with E-state index in [9.17, 15) is 0 Å². The van der Waals surface area contributed by atoms with Crippen molar-refractivity contribution in [3.8, 4) is 0 Å². The average Bonchev–Trinajstić information content (AvgIpc) is 2.24. The molecule has 2 atom stereocenters. The molecule has 0 aliphatic carbocycles. The van der Waals surface area contributed by atoms with Crippen LogP contribution in [-0.4, -0.2) is 18.0 Å². The quantitative estimate of drug-likeness (QED) is 0.578. The zero-order valence-corrected chi connectivity index (χ0v) is 7.35. The summed E-state index contributed by atoms with van der Waals surface area (Å²) in [6.45, 7) is 5.05. The van der Waals surface area contributed by atoms with Crippen molar-refractivity contribution in [3.05, 3.63) is 0 Å². The van der Waals surface area contributed by atoms with Crippen molar-refractivity contribution in [2.45, 2.75) is 50.9 Å². The van der Waals surface area contributed by atoms with Crippen molar-refractivity contribution in [2.24, 2.45) is 0 Å². The smallest absolute Gasteiger partial charge is 0.166 e. The van der Waals surface area contributed by atoms with Gasteiger partial charge in [0.1, 0.15) is 0 Å². The van der Waals surface area contributed by atoms with E-state index in [2.05, 4.69) is 13.8 Å². The maximum atomic E-state index is 5.90. The van der Waals surface area contributed by atoms with E-state index in [0.717, 1.165) is 19.4 Å². The van der Waals surface area contributed by atoms with Crippen LogP contribution in [0.4, 0.5) is 0 Å². The first-order valence-electron chi connectivity index (χ1n) is 4.52. The minimum atomic E-state index is -0.242. The second-order valence-corrected chi connectivity index (χ2v) is 3.91. The maximum absolute atomic E-state index is 5.90. The average molecular weight is 156 g/mol. The second kappa shape index (κ2) is 2.20. The Bertz CT molecular complexity index is 169. The van der Waals surface area contributed by atoms with Crippen molar-refractivity contribution >= 4 is 0 Å². The third kappa shape index (κ3) is 1.09. The van der Waals surface area contributed by atoms with Gasteiger partial charge in [-0.2, -0.15) is 0 Å². The third-order valence-electron chi connectivity index (χ3n) is 2.98. The highest BCUT2D eigenvalue weighted by Crippen LogP contribution is 2.44. The molecule has 2 aliphatic heterocycles. The summed E-state index contributed by atoms with van der Waals surface area (Å²) < 4.78 is 11.5. The van der Waals surface area contributed by atoms with Crippen LogP contribution < -0.4 is 0 Å². The van der Waals surface area contributed by atoms with Crippen LogP contribution in [0.3, 0.4) is 0 Å². The van der Waals surface area contributed by atoms with Gasteiger partial charge in [-0.15, -0.1) is 0 Å². The zero-order valence-electron chi connectivity index (χ0n) is 7.35. The lowest BCUT2D eigenvalue weighted by molar-refractivity contribution is -0.200. The Kier molecular flexibility index (Phi) is 1.52. The Morgan fingerprint density at radius 1 is 1.36 bits per heavy atom. The van der Waals surface area contributed by atoms with Gasteiger partial charge in [-0.25, -0.2) is 0 Å². The van der Waals surface area contributed by atoms with Crippen LogP contribution in [0, 0.1) is 0 Å². The largest absolute Gasteiger partial charge is 0.347 e. The molecule has 0 amide bonds. The van der Waals surface area contributed by atoms with Crippen LogP contribution >= 0.6 is 0 Å². The van der Waals surface area contributed by atoms with Crippen LogP contribution in [0.1, 0.15) is 39.5 Å². The highest BCUT2D eigenvalue weighted by Gasteiger charge is 2.49. The fourth-order valence-corrected chi connectivity index (χ4v) is 2.13. The summed E-state index contributed by atoms with van der Waals surface area (Å²) in [6.07, 6.45) is 4.58. The van der Waals surface area contributed by atoms with Gasteiger partial charge in [0, 0.05) is 6.42 Å². The lowest BCUT2D eigenvalue weighted by Crippen LogP contribution is -2.39. The molecule has 0 aromatic heterocycles. The van der Waals surface area contributed by atoms with Gasteiger partial charge in [0.15, 0.2) is 5.79 Å². The molecule has 0 aromatic rings. The van der Waals surface area contributed by atoms with E-state index in [1.54, 1.807) is 0 Å². The molecule has 0 N–H and O–H groups in total. The molecule has 2 rings (SSSR count). The molecule has 0 aromatic carbocycles. The van der Waals surface area contributed by atoms with Crippen molar-refractivity contribution in [2.75, 3.05) is 6.61 Å². The third-order valence-corrected chi connectivity index (χ3v) is 2.98. The minimum Gasteiger partial charge on any atom is -0.347 e. The maximum Gasteiger partial charge on any atom is 0.166 e. The Hall–Kier alpha value is -0.0800. The van der Waals surface area contributed by atoms with Crippen LogP contribution in [-0.2, 0) is 9.47 Å². The summed E-state index contributed by atoms with van der Waals surface area (Å²) in [6, 6.07) is 0. The lowest BCUT2D eigenvalue weighted by atomic mass is 9.91. The van der Waals surface area contributed by atoms with Crippen molar-refractivity contribution in [1.82, 2.24) is 0 Å². The van der Waals surface area contributed by atoms with Gasteiger partial charge in [0.25, 0.3) is 0 Å². The standard InChI is InChI=1S/C9H16O2/c1-3-9-6-4-5-8(2,11-9)10-7-9/h3-7H2,1-2H3. The normalized spacial score (nSPS) is 49.6. The predicted octanol–water partition coefficient (Wildman–Crippen LogP) is 2.08. The minimum absolute atomic E-state index is 0.0764. The molecule has 2 nitrogen and oxygen atoms in total. The Morgan fingerprint density at radius 2 is 2.18 bits per heavy atom. The van der Waals surface area contributed by atoms with Gasteiger partial charge >= 0.3 is 0 Å². The summed E-state index contributed by atoms with van der Waals surface area (Å²) >= 11 is 0. The topological polar surface area (TPSA) is 18.5 Å². The van der Waals surface area contributed by atoms with Crippen LogP contribution in [0.2, 0.25) is 0 Å². The fourth-order valence-electron chi connectivity index (χ4n) is 2.13. The molecule has 2 aliphatic rings. The molecule has 2 heterocycles. The molecule has 2 heteroatoms. The number of hydrogen-bond donors (Lipinski definition) is 0. The van der Waals surface area contributed by atoms with E-state index in [-0.39, 0.29) is 11.4 Å². The second-order valence-electron chi connectivity index (χ2n) is 3.91. The van der Waals surface area contributed by atoms with E-state index in [0.29, 0.717) is 0 Å². The van der Waals surface area contributed by atoms with E-state index in [1.165, 1.54) is 12.8 Å². The highest BCUT2D eigenvalue weighted by molar-refractivity contribution is 4.92. The van der Waals surface area contributed by atoms with Gasteiger partial charge in [-0.3, -0.25) is 0 Å². The van der Waals surface area contributed by atoms with E-state index < -0.39 is 0 Å². The molecule has 11 heavy (non-hydrogen) atoms. The van der Waals surface area contributed by atoms with Gasteiger partial charge in [-0.1, -0.05) is 6.92 Å². The summed E-state index contributed by atoms with van der Waals surface area (Å²) in [7, 11) is 0. The zero-order chi connectivity index (χ0) is 7.95. The predicted molar refractivity (Wildman–Crippen MR) is 42.3 cm³/mol. The molecule has 2 saturated heterocycles. The molecule has 0 radical (unpaired) electrons. The van der Waals surface area contributed by atoms with E-state index in [1.807, 2.05) is 0 Å². The molecule has 64 valence electrons. The summed E-state index contributed by atoms with van der Waals surface area (Å²) in [4.78, 5) is 0. The van der Waals surface area contributed by atoms with Crippen molar-refractivity contribution < 1.29 is 9.47 Å². The van der Waals surface area contributed by atoms with E-state index in [4.69, 9.17) is 9.47 Å². The number of rotatable bonds is 1. The van der Waals surface area contributed by atoms with Crippen molar-refractivity contribution in [3.63, 3.8) is 0 Å². The number of fused-ring (bicyclic) bond motifs is 2.